The molecule has 0 radical (unpaired) electrons. The maximum Gasteiger partial charge on any atom is 0.244 e. The van der Waals surface area contributed by atoms with Crippen LogP contribution in [0, 0.1) is 0 Å². The largest absolute Gasteiger partial charge is 0.353 e. The van der Waals surface area contributed by atoms with Crippen molar-refractivity contribution in [3.05, 3.63) is 60.4 Å². The fourth-order valence-electron chi connectivity index (χ4n) is 4.89. The van der Waals surface area contributed by atoms with Crippen molar-refractivity contribution in [2.45, 2.75) is 31.5 Å². The van der Waals surface area contributed by atoms with Crippen LogP contribution in [0.3, 0.4) is 0 Å². The van der Waals surface area contributed by atoms with Gasteiger partial charge in [0.1, 0.15) is 12.7 Å². The van der Waals surface area contributed by atoms with E-state index in [1.807, 2.05) is 28.8 Å². The van der Waals surface area contributed by atoms with Gasteiger partial charge in [0.05, 0.1) is 17.4 Å². The third-order valence-corrected chi connectivity index (χ3v) is 6.16. The number of carbonyl (C=O) groups is 1. The molecule has 2 atom stereocenters. The molecule has 5 nitrogen and oxygen atoms in total. The van der Waals surface area contributed by atoms with E-state index in [0.29, 0.717) is 6.54 Å². The van der Waals surface area contributed by atoms with Crippen molar-refractivity contribution in [1.82, 2.24) is 14.5 Å². The molecule has 0 N–H and O–H groups in total. The lowest BCUT2D eigenvalue weighted by Gasteiger charge is -2.34. The predicted molar refractivity (Wildman–Crippen MR) is 102 cm³/mol. The van der Waals surface area contributed by atoms with E-state index in [2.05, 4.69) is 53.0 Å². The molecule has 26 heavy (non-hydrogen) atoms. The summed E-state index contributed by atoms with van der Waals surface area (Å²) in [5.74, 6) is 0.154. The molecule has 1 saturated heterocycles. The smallest absolute Gasteiger partial charge is 0.244 e. The van der Waals surface area contributed by atoms with Crippen LogP contribution in [-0.4, -0.2) is 40.1 Å². The lowest BCUT2D eigenvalue weighted by atomic mass is 9.81. The Labute approximate surface area is 152 Å². The maximum absolute atomic E-state index is 13.2. The summed E-state index contributed by atoms with van der Waals surface area (Å²) in [7, 11) is 2.10. The van der Waals surface area contributed by atoms with Crippen molar-refractivity contribution in [1.29, 1.82) is 0 Å². The molecule has 0 bridgehead atoms. The lowest BCUT2D eigenvalue weighted by molar-refractivity contribution is -0.132. The summed E-state index contributed by atoms with van der Waals surface area (Å²) in [6, 6.07) is 16.5. The van der Waals surface area contributed by atoms with Crippen LogP contribution in [0.4, 0.5) is 5.69 Å². The van der Waals surface area contributed by atoms with Gasteiger partial charge in [0.2, 0.25) is 5.91 Å². The highest BCUT2D eigenvalue weighted by molar-refractivity contribution is 5.82. The first-order chi connectivity index (χ1) is 12.6. The Kier molecular flexibility index (Phi) is 3.17. The Morgan fingerprint density at radius 2 is 1.96 bits per heavy atom. The van der Waals surface area contributed by atoms with Gasteiger partial charge in [-0.2, -0.15) is 0 Å². The van der Waals surface area contributed by atoms with Crippen LogP contribution >= 0.6 is 0 Å². The first kappa shape index (κ1) is 15.4. The van der Waals surface area contributed by atoms with Gasteiger partial charge in [0.25, 0.3) is 0 Å². The summed E-state index contributed by atoms with van der Waals surface area (Å²) in [4.78, 5) is 21.9. The van der Waals surface area contributed by atoms with Gasteiger partial charge in [-0.3, -0.25) is 4.79 Å². The van der Waals surface area contributed by atoms with E-state index in [0.717, 1.165) is 24.0 Å². The first-order valence-electron chi connectivity index (χ1n) is 9.11. The number of fused-ring (bicyclic) bond motifs is 4. The third kappa shape index (κ3) is 1.97. The van der Waals surface area contributed by atoms with E-state index in [-0.39, 0.29) is 17.5 Å². The fourth-order valence-corrected chi connectivity index (χ4v) is 4.89. The normalized spacial score (nSPS) is 24.2. The standard InChI is InChI=1S/C21H22N4O/c1-21-11-12-25(20(21)23(2)17-9-5-3-7-15(17)21)19(26)13-24-14-22-16-8-4-6-10-18(16)24/h3-10,14,20H,11-13H2,1-2H3. The van der Waals surface area contributed by atoms with E-state index < -0.39 is 0 Å². The molecule has 2 aliphatic heterocycles. The van der Waals surface area contributed by atoms with Crippen molar-refractivity contribution >= 4 is 22.6 Å². The van der Waals surface area contributed by atoms with E-state index in [9.17, 15) is 4.79 Å². The Balaban J connectivity index is 1.46. The molecule has 5 rings (SSSR count). The second kappa shape index (κ2) is 5.34. The highest BCUT2D eigenvalue weighted by Gasteiger charge is 2.54. The minimum Gasteiger partial charge on any atom is -0.353 e. The predicted octanol–water partition coefficient (Wildman–Crippen LogP) is 3.00. The van der Waals surface area contributed by atoms with Crippen LogP contribution in [0.1, 0.15) is 18.9 Å². The summed E-state index contributed by atoms with van der Waals surface area (Å²) in [6.45, 7) is 3.42. The van der Waals surface area contributed by atoms with Crippen molar-refractivity contribution in [2.24, 2.45) is 0 Å². The Morgan fingerprint density at radius 3 is 2.85 bits per heavy atom. The van der Waals surface area contributed by atoms with Gasteiger partial charge in [-0.25, -0.2) is 4.98 Å². The van der Waals surface area contributed by atoms with Crippen LogP contribution < -0.4 is 4.90 Å². The second-order valence-electron chi connectivity index (χ2n) is 7.62. The monoisotopic (exact) mass is 346 g/mol. The van der Waals surface area contributed by atoms with Gasteiger partial charge >= 0.3 is 0 Å². The number of nitrogens with zero attached hydrogens (tertiary/aromatic N) is 4. The number of imidazole rings is 1. The molecule has 1 aromatic heterocycles. The van der Waals surface area contributed by atoms with Crippen molar-refractivity contribution in [3.63, 3.8) is 0 Å². The molecule has 3 aromatic rings. The zero-order valence-corrected chi connectivity index (χ0v) is 15.1. The molecule has 3 heterocycles. The van der Waals surface area contributed by atoms with Crippen LogP contribution in [0.25, 0.3) is 11.0 Å². The Morgan fingerprint density at radius 1 is 1.19 bits per heavy atom. The molecule has 0 spiro atoms. The van der Waals surface area contributed by atoms with Crippen LogP contribution in [-0.2, 0) is 16.8 Å². The summed E-state index contributed by atoms with van der Waals surface area (Å²) in [6.07, 6.45) is 2.85. The fraction of sp³-hybridized carbons (Fsp3) is 0.333. The number of anilines is 1. The zero-order valence-electron chi connectivity index (χ0n) is 15.1. The number of likely N-dealkylation sites (tertiary alicyclic amines) is 1. The van der Waals surface area contributed by atoms with E-state index >= 15 is 0 Å². The number of amides is 1. The number of hydrogen-bond donors (Lipinski definition) is 0. The van der Waals surface area contributed by atoms with Crippen molar-refractivity contribution < 1.29 is 4.79 Å². The Bertz CT molecular complexity index is 1010. The van der Waals surface area contributed by atoms with Gasteiger partial charge in [0, 0.05) is 24.7 Å². The second-order valence-corrected chi connectivity index (χ2v) is 7.62. The van der Waals surface area contributed by atoms with E-state index in [4.69, 9.17) is 0 Å². The summed E-state index contributed by atoms with van der Waals surface area (Å²) < 4.78 is 1.95. The lowest BCUT2D eigenvalue weighted by Crippen LogP contribution is -2.50. The average Bonchev–Trinajstić information content (AvgIpc) is 3.28. The molecule has 2 unspecified atom stereocenters. The topological polar surface area (TPSA) is 41.4 Å². The average molecular weight is 346 g/mol. The number of likely N-dealkylation sites (N-methyl/N-ethyl adjacent to an activating group) is 1. The SMILES string of the molecule is CN1c2ccccc2C2(C)CCN(C(=O)Cn3cnc4ccccc43)C12. The van der Waals surface area contributed by atoms with E-state index in [1.54, 1.807) is 6.33 Å². The molecule has 1 fully saturated rings. The van der Waals surface area contributed by atoms with Crippen molar-refractivity contribution in [2.75, 3.05) is 18.5 Å². The first-order valence-corrected chi connectivity index (χ1v) is 9.11. The van der Waals surface area contributed by atoms with Crippen LogP contribution in [0.5, 0.6) is 0 Å². The zero-order chi connectivity index (χ0) is 17.9. The van der Waals surface area contributed by atoms with Gasteiger partial charge in [-0.1, -0.05) is 37.3 Å². The highest BCUT2D eigenvalue weighted by atomic mass is 16.2. The number of rotatable bonds is 2. The van der Waals surface area contributed by atoms with Crippen LogP contribution in [0.2, 0.25) is 0 Å². The molecule has 2 aromatic carbocycles. The van der Waals surface area contributed by atoms with Gasteiger partial charge in [-0.15, -0.1) is 0 Å². The van der Waals surface area contributed by atoms with Gasteiger partial charge < -0.3 is 14.4 Å². The minimum absolute atomic E-state index is 0.00198. The number of benzene rings is 2. The third-order valence-electron chi connectivity index (χ3n) is 6.16. The number of para-hydroxylation sites is 3. The summed E-state index contributed by atoms with van der Waals surface area (Å²) >= 11 is 0. The molecule has 5 heteroatoms. The number of carbonyl (C=O) groups excluding carboxylic acids is 1. The van der Waals surface area contributed by atoms with Gasteiger partial charge in [0.15, 0.2) is 0 Å². The summed E-state index contributed by atoms with van der Waals surface area (Å²) in [5, 5.41) is 0. The quantitative estimate of drug-likeness (QED) is 0.716. The number of hydrogen-bond acceptors (Lipinski definition) is 3. The molecular formula is C21H22N4O. The maximum atomic E-state index is 13.2. The van der Waals surface area contributed by atoms with Crippen molar-refractivity contribution in [3.8, 4) is 0 Å². The Hall–Kier alpha value is -2.82. The highest BCUT2D eigenvalue weighted by Crippen LogP contribution is 2.51. The summed E-state index contributed by atoms with van der Waals surface area (Å²) in [5.41, 5.74) is 4.53. The molecule has 132 valence electrons. The molecule has 0 saturated carbocycles. The molecule has 2 aliphatic rings. The van der Waals surface area contributed by atoms with Crippen LogP contribution in [0.15, 0.2) is 54.9 Å². The van der Waals surface area contributed by atoms with Gasteiger partial charge in [-0.05, 0) is 30.2 Å². The van der Waals surface area contributed by atoms with E-state index in [1.165, 1.54) is 11.3 Å². The minimum atomic E-state index is -0.00198. The molecule has 0 aliphatic carbocycles. The molecular weight excluding hydrogens is 324 g/mol. The molecule has 1 amide bonds. The number of aromatic nitrogens is 2.